The van der Waals surface area contributed by atoms with Crippen molar-refractivity contribution in [2.45, 2.75) is 6.61 Å². The van der Waals surface area contributed by atoms with Crippen molar-refractivity contribution in [3.63, 3.8) is 0 Å². The number of benzene rings is 2. The third-order valence-electron chi connectivity index (χ3n) is 2.95. The molecule has 1 heterocycles. The van der Waals surface area contributed by atoms with Crippen LogP contribution in [0.25, 0.3) is 10.9 Å². The van der Waals surface area contributed by atoms with Crippen LogP contribution in [0.2, 0.25) is 0 Å². The number of para-hydroxylation sites is 1. The zero-order chi connectivity index (χ0) is 13.9. The molecule has 0 aliphatic heterocycles. The first-order chi connectivity index (χ1) is 9.72. The summed E-state index contributed by atoms with van der Waals surface area (Å²) in [7, 11) is 0. The number of halogens is 2. The molecular weight excluding hydrogens is 321 g/mol. The fourth-order valence-corrected chi connectivity index (χ4v) is 2.50. The maximum atomic E-state index is 13.3. The summed E-state index contributed by atoms with van der Waals surface area (Å²) in [6.07, 6.45) is 1.75. The molecule has 2 aromatic carbocycles. The normalized spacial score (nSPS) is 10.7. The standard InChI is InChI=1S/C16H11BrFNO/c17-13-7-14(18)9-15(8-13)20-10-12-4-1-3-11-5-2-6-19-16(11)12/h1-9H,10H2. The quantitative estimate of drug-likeness (QED) is 0.693. The highest BCUT2D eigenvalue weighted by atomic mass is 79.9. The number of ether oxygens (including phenoxy) is 1. The van der Waals surface area contributed by atoms with Gasteiger partial charge < -0.3 is 4.74 Å². The van der Waals surface area contributed by atoms with Gasteiger partial charge in [0.25, 0.3) is 0 Å². The molecule has 0 saturated carbocycles. The molecule has 0 spiro atoms. The van der Waals surface area contributed by atoms with Crippen molar-refractivity contribution in [2.75, 3.05) is 0 Å². The zero-order valence-corrected chi connectivity index (χ0v) is 12.1. The summed E-state index contributed by atoms with van der Waals surface area (Å²) in [6.45, 7) is 0.351. The molecule has 0 unspecified atom stereocenters. The zero-order valence-electron chi connectivity index (χ0n) is 10.5. The molecule has 0 atom stereocenters. The molecule has 100 valence electrons. The van der Waals surface area contributed by atoms with Crippen molar-refractivity contribution < 1.29 is 9.13 Å². The highest BCUT2D eigenvalue weighted by molar-refractivity contribution is 9.10. The second kappa shape index (κ2) is 5.59. The Bertz CT molecular complexity index is 735. The van der Waals surface area contributed by atoms with Gasteiger partial charge in [0.1, 0.15) is 18.2 Å². The van der Waals surface area contributed by atoms with Crippen LogP contribution < -0.4 is 4.74 Å². The molecule has 3 rings (SSSR count). The topological polar surface area (TPSA) is 22.1 Å². The number of pyridine rings is 1. The molecule has 1 aromatic heterocycles. The number of fused-ring (bicyclic) bond motifs is 1. The highest BCUT2D eigenvalue weighted by Gasteiger charge is 2.04. The summed E-state index contributed by atoms with van der Waals surface area (Å²) in [5.41, 5.74) is 1.88. The van der Waals surface area contributed by atoms with Gasteiger partial charge >= 0.3 is 0 Å². The van der Waals surface area contributed by atoms with Gasteiger partial charge in [0, 0.05) is 27.7 Å². The predicted octanol–water partition coefficient (Wildman–Crippen LogP) is 4.72. The van der Waals surface area contributed by atoms with Crippen molar-refractivity contribution in [2.24, 2.45) is 0 Å². The van der Waals surface area contributed by atoms with E-state index in [-0.39, 0.29) is 5.82 Å². The summed E-state index contributed by atoms with van der Waals surface area (Å²) in [5, 5.41) is 1.06. The lowest BCUT2D eigenvalue weighted by molar-refractivity contribution is 0.305. The molecule has 20 heavy (non-hydrogen) atoms. The molecule has 3 aromatic rings. The van der Waals surface area contributed by atoms with E-state index in [2.05, 4.69) is 20.9 Å². The molecule has 0 saturated heterocycles. The highest BCUT2D eigenvalue weighted by Crippen LogP contribution is 2.23. The molecule has 0 radical (unpaired) electrons. The van der Waals surface area contributed by atoms with Crippen LogP contribution in [0.3, 0.4) is 0 Å². The molecular formula is C16H11BrFNO. The average Bonchev–Trinajstić information content (AvgIpc) is 2.44. The Kier molecular flexibility index (Phi) is 3.65. The van der Waals surface area contributed by atoms with Crippen LogP contribution in [-0.4, -0.2) is 4.98 Å². The Balaban J connectivity index is 1.87. The van der Waals surface area contributed by atoms with Crippen molar-refractivity contribution >= 4 is 26.8 Å². The van der Waals surface area contributed by atoms with E-state index in [0.717, 1.165) is 16.5 Å². The minimum Gasteiger partial charge on any atom is -0.489 e. The van der Waals surface area contributed by atoms with E-state index in [1.54, 1.807) is 12.3 Å². The van der Waals surface area contributed by atoms with Crippen LogP contribution in [-0.2, 0) is 6.61 Å². The van der Waals surface area contributed by atoms with Gasteiger partial charge in [0.05, 0.1) is 5.52 Å². The van der Waals surface area contributed by atoms with Crippen LogP contribution in [0, 0.1) is 5.82 Å². The van der Waals surface area contributed by atoms with Gasteiger partial charge in [0.15, 0.2) is 0 Å². The van der Waals surface area contributed by atoms with Crippen LogP contribution >= 0.6 is 15.9 Å². The van der Waals surface area contributed by atoms with E-state index in [1.165, 1.54) is 12.1 Å². The minimum atomic E-state index is -0.328. The molecule has 0 bridgehead atoms. The molecule has 2 nitrogen and oxygen atoms in total. The number of nitrogens with zero attached hydrogens (tertiary/aromatic N) is 1. The Morgan fingerprint density at radius 3 is 2.80 bits per heavy atom. The fraction of sp³-hybridized carbons (Fsp3) is 0.0625. The van der Waals surface area contributed by atoms with Crippen molar-refractivity contribution in [3.05, 3.63) is 70.6 Å². The number of rotatable bonds is 3. The number of hydrogen-bond donors (Lipinski definition) is 0. The Hall–Kier alpha value is -1.94. The lowest BCUT2D eigenvalue weighted by Gasteiger charge is -2.09. The minimum absolute atomic E-state index is 0.328. The lowest BCUT2D eigenvalue weighted by Crippen LogP contribution is -1.97. The van der Waals surface area contributed by atoms with Gasteiger partial charge in [0.2, 0.25) is 0 Å². The molecule has 0 aliphatic rings. The number of hydrogen-bond acceptors (Lipinski definition) is 2. The predicted molar refractivity (Wildman–Crippen MR) is 80.2 cm³/mol. The SMILES string of the molecule is Fc1cc(Br)cc(OCc2cccc3cccnc23)c1. The van der Waals surface area contributed by atoms with Crippen LogP contribution in [0.4, 0.5) is 4.39 Å². The van der Waals surface area contributed by atoms with Crippen molar-refractivity contribution in [3.8, 4) is 5.75 Å². The summed E-state index contributed by atoms with van der Waals surface area (Å²) in [4.78, 5) is 4.37. The Labute approximate surface area is 124 Å². The molecule has 0 N–H and O–H groups in total. The fourth-order valence-electron chi connectivity index (χ4n) is 2.06. The van der Waals surface area contributed by atoms with Gasteiger partial charge in [-0.25, -0.2) is 4.39 Å². The van der Waals surface area contributed by atoms with E-state index in [4.69, 9.17) is 4.74 Å². The Morgan fingerprint density at radius 2 is 1.95 bits per heavy atom. The first kappa shape index (κ1) is 13.1. The summed E-state index contributed by atoms with van der Waals surface area (Å²) < 4.78 is 19.6. The van der Waals surface area contributed by atoms with E-state index >= 15 is 0 Å². The van der Waals surface area contributed by atoms with Crippen LogP contribution in [0.5, 0.6) is 5.75 Å². The van der Waals surface area contributed by atoms with E-state index in [9.17, 15) is 4.39 Å². The maximum absolute atomic E-state index is 13.3. The van der Waals surface area contributed by atoms with Gasteiger partial charge in [-0.2, -0.15) is 0 Å². The smallest absolute Gasteiger partial charge is 0.128 e. The second-order valence-corrected chi connectivity index (χ2v) is 5.30. The molecule has 4 heteroatoms. The first-order valence-corrected chi connectivity index (χ1v) is 6.93. The summed E-state index contributed by atoms with van der Waals surface area (Å²) in [5.74, 6) is 0.162. The van der Waals surface area contributed by atoms with Gasteiger partial charge in [-0.05, 0) is 18.2 Å². The second-order valence-electron chi connectivity index (χ2n) is 4.39. The average molecular weight is 332 g/mol. The Morgan fingerprint density at radius 1 is 1.10 bits per heavy atom. The lowest BCUT2D eigenvalue weighted by atomic mass is 10.1. The first-order valence-electron chi connectivity index (χ1n) is 6.14. The molecule has 0 aliphatic carbocycles. The van der Waals surface area contributed by atoms with Crippen LogP contribution in [0.1, 0.15) is 5.56 Å². The largest absolute Gasteiger partial charge is 0.489 e. The molecule has 0 amide bonds. The van der Waals surface area contributed by atoms with Gasteiger partial charge in [-0.1, -0.05) is 40.2 Å². The van der Waals surface area contributed by atoms with Crippen molar-refractivity contribution in [1.82, 2.24) is 4.98 Å². The maximum Gasteiger partial charge on any atom is 0.128 e. The monoisotopic (exact) mass is 331 g/mol. The third kappa shape index (κ3) is 2.80. The molecule has 0 fully saturated rings. The summed E-state index contributed by atoms with van der Waals surface area (Å²) >= 11 is 3.25. The van der Waals surface area contributed by atoms with Crippen molar-refractivity contribution in [1.29, 1.82) is 0 Å². The van der Waals surface area contributed by atoms with E-state index < -0.39 is 0 Å². The number of aromatic nitrogens is 1. The van der Waals surface area contributed by atoms with Gasteiger partial charge in [-0.3, -0.25) is 4.98 Å². The van der Waals surface area contributed by atoms with Crippen LogP contribution in [0.15, 0.2) is 59.2 Å². The third-order valence-corrected chi connectivity index (χ3v) is 3.40. The summed E-state index contributed by atoms with van der Waals surface area (Å²) in [6, 6.07) is 14.3. The van der Waals surface area contributed by atoms with E-state index in [0.29, 0.717) is 16.8 Å². The van der Waals surface area contributed by atoms with E-state index in [1.807, 2.05) is 30.3 Å². The van der Waals surface area contributed by atoms with Gasteiger partial charge in [-0.15, -0.1) is 0 Å².